The summed E-state index contributed by atoms with van der Waals surface area (Å²) in [6.07, 6.45) is 1.16. The molecule has 1 fully saturated rings. The van der Waals surface area contributed by atoms with Gasteiger partial charge in [0.25, 0.3) is 0 Å². The van der Waals surface area contributed by atoms with Gasteiger partial charge in [-0.15, -0.1) is 0 Å². The molecule has 5 nitrogen and oxygen atoms in total. The monoisotopic (exact) mass is 288 g/mol. The number of likely N-dealkylation sites (N-methyl/N-ethyl adjacent to an activating group) is 1. The van der Waals surface area contributed by atoms with Crippen LogP contribution in [0.1, 0.15) is 20.3 Å². The third kappa shape index (κ3) is 6.99. The minimum Gasteiger partial charge on any atom is -0.381 e. The van der Waals surface area contributed by atoms with Crippen LogP contribution in [0.2, 0.25) is 0 Å². The van der Waals surface area contributed by atoms with Gasteiger partial charge in [0.05, 0.1) is 19.8 Å². The quantitative estimate of drug-likeness (QED) is 0.542. The van der Waals surface area contributed by atoms with Crippen LogP contribution in [0.15, 0.2) is 0 Å². The Kier molecular flexibility index (Phi) is 10.2. The van der Waals surface area contributed by atoms with Crippen molar-refractivity contribution in [2.75, 3.05) is 66.3 Å². The molecule has 1 N–H and O–H groups in total. The Bertz CT molecular complexity index is 213. The number of ether oxygens (including phenoxy) is 3. The molecular weight excluding hydrogens is 256 g/mol. The molecule has 2 atom stereocenters. The van der Waals surface area contributed by atoms with Crippen molar-refractivity contribution in [3.05, 3.63) is 0 Å². The highest BCUT2D eigenvalue weighted by atomic mass is 16.5. The summed E-state index contributed by atoms with van der Waals surface area (Å²) in [5.74, 6) is 0.627. The molecule has 1 aliphatic heterocycles. The topological polar surface area (TPSA) is 43.0 Å². The van der Waals surface area contributed by atoms with Gasteiger partial charge < -0.3 is 19.5 Å². The third-order valence-electron chi connectivity index (χ3n) is 3.87. The average Bonchev–Trinajstić information content (AvgIpc) is 2.98. The number of nitrogens with zero attached hydrogens (tertiary/aromatic N) is 1. The lowest BCUT2D eigenvalue weighted by Gasteiger charge is -2.30. The fourth-order valence-corrected chi connectivity index (χ4v) is 2.59. The molecule has 1 saturated heterocycles. The van der Waals surface area contributed by atoms with Gasteiger partial charge in [0.1, 0.15) is 0 Å². The minimum absolute atomic E-state index is 0.487. The first-order valence-electron chi connectivity index (χ1n) is 7.94. The van der Waals surface area contributed by atoms with Crippen LogP contribution in [0.5, 0.6) is 0 Å². The van der Waals surface area contributed by atoms with Gasteiger partial charge in [-0.05, 0) is 27.3 Å². The van der Waals surface area contributed by atoms with Crippen LogP contribution in [0.4, 0.5) is 0 Å². The summed E-state index contributed by atoms with van der Waals surface area (Å²) in [5, 5.41) is 3.45. The standard InChI is InChI=1S/C15H32N2O3/c1-4-18-10-7-17(8-11-19-5-2)12-15(16-3)14-6-9-20-13-14/h14-16H,4-13H2,1-3H3. The van der Waals surface area contributed by atoms with Crippen LogP contribution in [-0.2, 0) is 14.2 Å². The second-order valence-corrected chi connectivity index (χ2v) is 5.21. The Labute approximate surface area is 123 Å². The van der Waals surface area contributed by atoms with Crippen LogP contribution in [0, 0.1) is 5.92 Å². The maximum Gasteiger partial charge on any atom is 0.0593 e. The molecule has 0 spiro atoms. The zero-order chi connectivity index (χ0) is 14.6. The SMILES string of the molecule is CCOCCN(CCOCC)CC(NC)C1CCOC1. The van der Waals surface area contributed by atoms with E-state index in [2.05, 4.69) is 10.2 Å². The highest BCUT2D eigenvalue weighted by Gasteiger charge is 2.26. The van der Waals surface area contributed by atoms with E-state index in [1.165, 1.54) is 0 Å². The van der Waals surface area contributed by atoms with Crippen LogP contribution >= 0.6 is 0 Å². The highest BCUT2D eigenvalue weighted by Crippen LogP contribution is 2.17. The molecule has 2 unspecified atom stereocenters. The molecule has 0 aromatic heterocycles. The molecule has 5 heteroatoms. The fourth-order valence-electron chi connectivity index (χ4n) is 2.59. The first kappa shape index (κ1) is 17.9. The molecule has 1 rings (SSSR count). The van der Waals surface area contributed by atoms with E-state index in [0.717, 1.165) is 65.7 Å². The van der Waals surface area contributed by atoms with E-state index in [1.807, 2.05) is 20.9 Å². The van der Waals surface area contributed by atoms with Crippen LogP contribution in [0.25, 0.3) is 0 Å². The van der Waals surface area contributed by atoms with E-state index in [-0.39, 0.29) is 0 Å². The second kappa shape index (κ2) is 11.5. The van der Waals surface area contributed by atoms with Gasteiger partial charge in [0.2, 0.25) is 0 Å². The predicted octanol–water partition coefficient (Wildman–Crippen LogP) is 0.986. The van der Waals surface area contributed by atoms with Crippen molar-refractivity contribution in [3.8, 4) is 0 Å². The predicted molar refractivity (Wildman–Crippen MR) is 81.2 cm³/mol. The smallest absolute Gasteiger partial charge is 0.0593 e. The van der Waals surface area contributed by atoms with E-state index in [9.17, 15) is 0 Å². The number of hydrogen-bond donors (Lipinski definition) is 1. The maximum atomic E-state index is 5.51. The summed E-state index contributed by atoms with van der Waals surface area (Å²) in [7, 11) is 2.05. The summed E-state index contributed by atoms with van der Waals surface area (Å²) in [6, 6.07) is 0.487. The van der Waals surface area contributed by atoms with Gasteiger partial charge in [0, 0.05) is 51.4 Å². The molecule has 0 amide bonds. The lowest BCUT2D eigenvalue weighted by atomic mass is 9.98. The summed E-state index contributed by atoms with van der Waals surface area (Å²) >= 11 is 0. The van der Waals surface area contributed by atoms with Gasteiger partial charge >= 0.3 is 0 Å². The molecular formula is C15H32N2O3. The third-order valence-corrected chi connectivity index (χ3v) is 3.87. The Hall–Kier alpha value is -0.200. The zero-order valence-corrected chi connectivity index (χ0v) is 13.4. The summed E-state index contributed by atoms with van der Waals surface area (Å²) in [4.78, 5) is 2.44. The van der Waals surface area contributed by atoms with Crippen LogP contribution in [-0.4, -0.2) is 77.3 Å². The van der Waals surface area contributed by atoms with Crippen molar-refractivity contribution >= 4 is 0 Å². The summed E-state index contributed by atoms with van der Waals surface area (Å²) in [5.41, 5.74) is 0. The van der Waals surface area contributed by atoms with Crippen molar-refractivity contribution in [1.82, 2.24) is 10.2 Å². The molecule has 0 radical (unpaired) electrons. The van der Waals surface area contributed by atoms with Gasteiger partial charge in [-0.2, -0.15) is 0 Å². The van der Waals surface area contributed by atoms with E-state index >= 15 is 0 Å². The van der Waals surface area contributed by atoms with E-state index in [0.29, 0.717) is 12.0 Å². The Morgan fingerprint density at radius 2 is 1.85 bits per heavy atom. The zero-order valence-electron chi connectivity index (χ0n) is 13.4. The average molecular weight is 288 g/mol. The minimum atomic E-state index is 0.487. The number of hydrogen-bond acceptors (Lipinski definition) is 5. The van der Waals surface area contributed by atoms with Gasteiger partial charge in [-0.25, -0.2) is 0 Å². The largest absolute Gasteiger partial charge is 0.381 e. The van der Waals surface area contributed by atoms with Crippen molar-refractivity contribution in [2.24, 2.45) is 5.92 Å². The lowest BCUT2D eigenvalue weighted by molar-refractivity contribution is 0.0738. The molecule has 0 aliphatic carbocycles. The normalized spacial score (nSPS) is 20.7. The van der Waals surface area contributed by atoms with Gasteiger partial charge in [0.15, 0.2) is 0 Å². The summed E-state index contributed by atoms with van der Waals surface area (Å²) < 4.78 is 16.5. The fraction of sp³-hybridized carbons (Fsp3) is 1.00. The van der Waals surface area contributed by atoms with Crippen molar-refractivity contribution in [1.29, 1.82) is 0 Å². The van der Waals surface area contributed by atoms with Crippen molar-refractivity contribution in [3.63, 3.8) is 0 Å². The Morgan fingerprint density at radius 1 is 1.20 bits per heavy atom. The lowest BCUT2D eigenvalue weighted by Crippen LogP contribution is -2.46. The van der Waals surface area contributed by atoms with Crippen molar-refractivity contribution in [2.45, 2.75) is 26.3 Å². The van der Waals surface area contributed by atoms with E-state index in [1.54, 1.807) is 0 Å². The molecule has 0 bridgehead atoms. The first-order valence-corrected chi connectivity index (χ1v) is 7.94. The maximum absolute atomic E-state index is 5.51. The van der Waals surface area contributed by atoms with Crippen molar-refractivity contribution < 1.29 is 14.2 Å². The Morgan fingerprint density at radius 3 is 2.30 bits per heavy atom. The molecule has 1 heterocycles. The number of nitrogens with one attached hydrogen (secondary N) is 1. The first-order chi connectivity index (χ1) is 9.81. The van der Waals surface area contributed by atoms with Gasteiger partial charge in [-0.1, -0.05) is 0 Å². The van der Waals surface area contributed by atoms with E-state index in [4.69, 9.17) is 14.2 Å². The Balaban J connectivity index is 2.37. The molecule has 0 saturated carbocycles. The molecule has 20 heavy (non-hydrogen) atoms. The van der Waals surface area contributed by atoms with E-state index < -0.39 is 0 Å². The molecule has 120 valence electrons. The molecule has 1 aliphatic rings. The molecule has 0 aromatic carbocycles. The summed E-state index contributed by atoms with van der Waals surface area (Å²) in [6.45, 7) is 12.0. The highest BCUT2D eigenvalue weighted by molar-refractivity contribution is 4.81. The van der Waals surface area contributed by atoms with Crippen LogP contribution < -0.4 is 5.32 Å². The number of rotatable bonds is 12. The molecule has 0 aromatic rings. The van der Waals surface area contributed by atoms with Gasteiger partial charge in [-0.3, -0.25) is 4.90 Å². The van der Waals surface area contributed by atoms with Crippen LogP contribution in [0.3, 0.4) is 0 Å². The second-order valence-electron chi connectivity index (χ2n) is 5.21.